The van der Waals surface area contributed by atoms with Gasteiger partial charge in [-0.15, -0.1) is 10.2 Å². The zero-order chi connectivity index (χ0) is 32.9. The van der Waals surface area contributed by atoms with E-state index in [0.29, 0.717) is 18.5 Å². The van der Waals surface area contributed by atoms with Crippen LogP contribution in [0.15, 0.2) is 108 Å². The molecule has 1 aliphatic heterocycles. The third-order valence-corrected chi connectivity index (χ3v) is 10.3. The average molecular weight is 676 g/mol. The second-order valence-electron chi connectivity index (χ2n) is 11.5. The van der Waals surface area contributed by atoms with E-state index in [-0.39, 0.29) is 30.4 Å². The lowest BCUT2D eigenvalue weighted by Gasteiger charge is -2.36. The second-order valence-corrected chi connectivity index (χ2v) is 13.9. The van der Waals surface area contributed by atoms with Crippen LogP contribution in [0.25, 0.3) is 22.2 Å². The molecule has 0 spiro atoms. The number of aryl methyl sites for hydroxylation is 1. The zero-order valence-corrected chi connectivity index (χ0v) is 27.8. The molecule has 242 valence electrons. The number of rotatable bonds is 10. The Bertz CT molecular complexity index is 2020. The summed E-state index contributed by atoms with van der Waals surface area (Å²) < 4.78 is 14.0. The molecular formula is C37H33N5O4S2. The predicted octanol–water partition coefficient (Wildman–Crippen LogP) is 7.22. The summed E-state index contributed by atoms with van der Waals surface area (Å²) in [6, 6.07) is 31.6. The molecule has 0 saturated carbocycles. The third kappa shape index (κ3) is 7.46. The van der Waals surface area contributed by atoms with Gasteiger partial charge in [-0.3, -0.25) is 9.78 Å². The van der Waals surface area contributed by atoms with Crippen LogP contribution in [-0.4, -0.2) is 43.0 Å². The van der Waals surface area contributed by atoms with Gasteiger partial charge in [0.25, 0.3) is 5.91 Å². The van der Waals surface area contributed by atoms with Gasteiger partial charge in [0, 0.05) is 24.3 Å². The van der Waals surface area contributed by atoms with E-state index in [9.17, 15) is 9.90 Å². The van der Waals surface area contributed by atoms with E-state index in [1.807, 2.05) is 85.8 Å². The van der Waals surface area contributed by atoms with Gasteiger partial charge >= 0.3 is 0 Å². The molecule has 7 rings (SSSR count). The summed E-state index contributed by atoms with van der Waals surface area (Å²) in [6.07, 6.45) is 1.40. The normalized spacial score (nSPS) is 17.8. The maximum atomic E-state index is 13.0. The molecule has 0 aliphatic carbocycles. The minimum atomic E-state index is -0.560. The maximum Gasteiger partial charge on any atom is 0.271 e. The van der Waals surface area contributed by atoms with Gasteiger partial charge in [-0.25, -0.2) is 4.98 Å². The Morgan fingerprint density at radius 3 is 2.44 bits per heavy atom. The molecule has 9 nitrogen and oxygen atoms in total. The van der Waals surface area contributed by atoms with Gasteiger partial charge in [0.05, 0.1) is 36.0 Å². The lowest BCUT2D eigenvalue weighted by atomic mass is 9.97. The fraction of sp³-hybridized carbons (Fsp3) is 0.216. The minimum absolute atomic E-state index is 0.000936. The summed E-state index contributed by atoms with van der Waals surface area (Å²) in [5.74, 6) is 0.446. The number of fused-ring (bicyclic) bond motifs is 1. The standard InChI is InChI=1S/C37H33N5O4S2/c1-23-41-42-37(48-23)47-22-29-18-34(26-12-10-24(21-43)11-13-26)46-36(45-29)27-16-14-25(15-17-27)30-7-3-2-6-28(30)19-39-35(44)33-20-38-31-8-4-5-9-32(31)40-33/h2-17,20,29,34,36,43H,18-19,21-22H2,1H3,(H,39,44)/t29-,34+,36+/m0/s1. The molecule has 1 saturated heterocycles. The van der Waals surface area contributed by atoms with Crippen molar-refractivity contribution >= 4 is 40.0 Å². The van der Waals surface area contributed by atoms with Crippen molar-refractivity contribution in [2.75, 3.05) is 5.75 Å². The van der Waals surface area contributed by atoms with Crippen LogP contribution in [0.3, 0.4) is 0 Å². The third-order valence-electron chi connectivity index (χ3n) is 8.15. The lowest BCUT2D eigenvalue weighted by molar-refractivity contribution is -0.245. The molecule has 1 aliphatic rings. The topological polar surface area (TPSA) is 119 Å². The Morgan fingerprint density at radius 2 is 1.67 bits per heavy atom. The van der Waals surface area contributed by atoms with Crippen molar-refractivity contribution in [3.63, 3.8) is 0 Å². The van der Waals surface area contributed by atoms with Gasteiger partial charge in [-0.2, -0.15) is 0 Å². The molecule has 6 aromatic rings. The molecular weight excluding hydrogens is 643 g/mol. The summed E-state index contributed by atoms with van der Waals surface area (Å²) in [7, 11) is 0. The molecule has 0 unspecified atom stereocenters. The largest absolute Gasteiger partial charge is 0.392 e. The predicted molar refractivity (Wildman–Crippen MR) is 186 cm³/mol. The van der Waals surface area contributed by atoms with Crippen molar-refractivity contribution in [3.8, 4) is 11.1 Å². The highest BCUT2D eigenvalue weighted by molar-refractivity contribution is 8.01. The first-order valence-corrected chi connectivity index (χ1v) is 17.4. The Labute approximate surface area is 286 Å². The fourth-order valence-corrected chi connectivity index (χ4v) is 7.49. The van der Waals surface area contributed by atoms with Crippen molar-refractivity contribution in [2.24, 2.45) is 0 Å². The Morgan fingerprint density at radius 1 is 0.917 bits per heavy atom. The van der Waals surface area contributed by atoms with Crippen LogP contribution < -0.4 is 5.32 Å². The van der Waals surface area contributed by atoms with Gasteiger partial charge in [-0.05, 0) is 46.9 Å². The highest BCUT2D eigenvalue weighted by Gasteiger charge is 2.32. The summed E-state index contributed by atoms with van der Waals surface area (Å²) in [5.41, 5.74) is 7.54. The highest BCUT2D eigenvalue weighted by Crippen LogP contribution is 2.40. The highest BCUT2D eigenvalue weighted by atomic mass is 32.2. The van der Waals surface area contributed by atoms with E-state index >= 15 is 0 Å². The number of ether oxygens (including phenoxy) is 2. The maximum absolute atomic E-state index is 13.0. The zero-order valence-electron chi connectivity index (χ0n) is 26.2. The van der Waals surface area contributed by atoms with Crippen molar-refractivity contribution in [1.82, 2.24) is 25.5 Å². The molecule has 1 fully saturated rings. The van der Waals surface area contributed by atoms with Crippen LogP contribution in [0.2, 0.25) is 0 Å². The Kier molecular flexibility index (Phi) is 9.82. The number of carbonyl (C=O) groups is 1. The van der Waals surface area contributed by atoms with Crippen LogP contribution in [-0.2, 0) is 22.6 Å². The summed E-state index contributed by atoms with van der Waals surface area (Å²) in [4.78, 5) is 21.8. The number of nitrogens with one attached hydrogen (secondary N) is 1. The van der Waals surface area contributed by atoms with E-state index in [4.69, 9.17) is 9.47 Å². The molecule has 0 radical (unpaired) electrons. The molecule has 0 bridgehead atoms. The van der Waals surface area contributed by atoms with Gasteiger partial charge in [0.1, 0.15) is 10.7 Å². The number of hydrogen-bond donors (Lipinski definition) is 2. The number of hydrogen-bond acceptors (Lipinski definition) is 10. The molecule has 3 atom stereocenters. The number of aliphatic hydroxyl groups excluding tert-OH is 1. The van der Waals surface area contributed by atoms with Crippen molar-refractivity contribution in [2.45, 2.75) is 49.3 Å². The molecule has 4 aromatic carbocycles. The van der Waals surface area contributed by atoms with Crippen LogP contribution >= 0.6 is 23.1 Å². The molecule has 11 heteroatoms. The first-order valence-electron chi connectivity index (χ1n) is 15.6. The van der Waals surface area contributed by atoms with Crippen LogP contribution in [0.1, 0.15) is 56.6 Å². The molecule has 3 heterocycles. The first kappa shape index (κ1) is 32.0. The molecule has 2 N–H and O–H groups in total. The number of carbonyl (C=O) groups excluding carboxylic acids is 1. The molecule has 2 aromatic heterocycles. The second kappa shape index (κ2) is 14.7. The van der Waals surface area contributed by atoms with Gasteiger partial charge in [0.15, 0.2) is 10.6 Å². The summed E-state index contributed by atoms with van der Waals surface area (Å²) >= 11 is 3.23. The number of aliphatic hydroxyl groups is 1. The van der Waals surface area contributed by atoms with Crippen molar-refractivity contribution < 1.29 is 19.4 Å². The van der Waals surface area contributed by atoms with Crippen LogP contribution in [0, 0.1) is 6.92 Å². The van der Waals surface area contributed by atoms with E-state index in [0.717, 1.165) is 54.0 Å². The Balaban J connectivity index is 1.07. The summed E-state index contributed by atoms with van der Waals surface area (Å²) in [5, 5.41) is 21.9. The van der Waals surface area contributed by atoms with Crippen LogP contribution in [0.5, 0.6) is 0 Å². The average Bonchev–Trinajstić information content (AvgIpc) is 3.57. The van der Waals surface area contributed by atoms with Gasteiger partial charge in [-0.1, -0.05) is 108 Å². The first-order chi connectivity index (χ1) is 23.5. The minimum Gasteiger partial charge on any atom is -0.392 e. The monoisotopic (exact) mass is 675 g/mol. The Hall–Kier alpha value is -4.52. The lowest BCUT2D eigenvalue weighted by Crippen LogP contribution is -2.31. The number of para-hydroxylation sites is 2. The molecule has 1 amide bonds. The molecule has 48 heavy (non-hydrogen) atoms. The van der Waals surface area contributed by atoms with E-state index < -0.39 is 6.29 Å². The van der Waals surface area contributed by atoms with Crippen molar-refractivity contribution in [3.05, 3.63) is 136 Å². The van der Waals surface area contributed by atoms with Gasteiger partial charge < -0.3 is 19.9 Å². The van der Waals surface area contributed by atoms with E-state index in [1.165, 1.54) is 6.20 Å². The number of aromatic nitrogens is 4. The van der Waals surface area contributed by atoms with E-state index in [2.05, 4.69) is 43.7 Å². The number of thioether (sulfide) groups is 1. The number of amides is 1. The fourth-order valence-electron chi connectivity index (χ4n) is 5.63. The van der Waals surface area contributed by atoms with Crippen LogP contribution in [0.4, 0.5) is 0 Å². The van der Waals surface area contributed by atoms with Crippen molar-refractivity contribution in [1.29, 1.82) is 0 Å². The number of nitrogens with zero attached hydrogens (tertiary/aromatic N) is 4. The smallest absolute Gasteiger partial charge is 0.271 e. The SMILES string of the molecule is Cc1nnc(SC[C@@H]2C[C@H](c3ccc(CO)cc3)O[C@H](c3ccc(-c4ccccc4CNC(=O)c4cnc5ccccc5n4)cc3)O2)s1. The summed E-state index contributed by atoms with van der Waals surface area (Å²) in [6.45, 7) is 2.29. The van der Waals surface area contributed by atoms with E-state index in [1.54, 1.807) is 23.1 Å². The quantitative estimate of drug-likeness (QED) is 0.145. The number of benzene rings is 4. The van der Waals surface area contributed by atoms with Gasteiger partial charge in [0.2, 0.25) is 0 Å².